The van der Waals surface area contributed by atoms with E-state index in [0.29, 0.717) is 61.8 Å². The van der Waals surface area contributed by atoms with Crippen LogP contribution < -0.4 is 14.2 Å². The lowest BCUT2D eigenvalue weighted by atomic mass is 9.76. The zero-order valence-electron chi connectivity index (χ0n) is 35.8. The highest BCUT2D eigenvalue weighted by molar-refractivity contribution is 5.77. The quantitative estimate of drug-likeness (QED) is 0.0515. The van der Waals surface area contributed by atoms with E-state index in [1.807, 2.05) is 60.7 Å². The first-order valence-corrected chi connectivity index (χ1v) is 21.8. The summed E-state index contributed by atoms with van der Waals surface area (Å²) in [6.07, 6.45) is 1.60. The highest BCUT2D eigenvalue weighted by Crippen LogP contribution is 2.60. The number of hydrogen-bond donors (Lipinski definition) is 9. The summed E-state index contributed by atoms with van der Waals surface area (Å²) >= 11 is 0. The fourth-order valence-electron chi connectivity index (χ4n) is 10.2. The van der Waals surface area contributed by atoms with Crippen LogP contribution in [0.2, 0.25) is 0 Å². The minimum atomic E-state index is -0.826. The Morgan fingerprint density at radius 2 is 0.853 bits per heavy atom. The molecule has 68 heavy (non-hydrogen) atoms. The van der Waals surface area contributed by atoms with Crippen LogP contribution in [0.25, 0.3) is 12.2 Å². The Bertz CT molecular complexity index is 3270. The lowest BCUT2D eigenvalue weighted by Gasteiger charge is -2.26. The maximum Gasteiger partial charge on any atom is 0.157 e. The van der Waals surface area contributed by atoms with Gasteiger partial charge in [0, 0.05) is 41.0 Å². The summed E-state index contributed by atoms with van der Waals surface area (Å²) in [5.41, 5.74) is 7.15. The molecule has 0 fully saturated rings. The van der Waals surface area contributed by atoms with Gasteiger partial charge in [0.2, 0.25) is 0 Å². The molecule has 0 amide bonds. The average Bonchev–Trinajstić information content (AvgIpc) is 4.01. The number of fused-ring (bicyclic) bond motifs is 3. The van der Waals surface area contributed by atoms with Crippen LogP contribution >= 0.6 is 0 Å². The topological polar surface area (TPSA) is 210 Å². The Balaban J connectivity index is 1.06. The second kappa shape index (κ2) is 16.2. The Morgan fingerprint density at radius 1 is 0.324 bits per heavy atom. The fourth-order valence-corrected chi connectivity index (χ4v) is 10.2. The van der Waals surface area contributed by atoms with Crippen molar-refractivity contribution in [3.05, 3.63) is 213 Å². The molecule has 0 saturated heterocycles. The van der Waals surface area contributed by atoms with Crippen molar-refractivity contribution in [3.8, 4) is 69.0 Å². The predicted molar refractivity (Wildman–Crippen MR) is 251 cm³/mol. The number of ether oxygens (including phenoxy) is 3. The van der Waals surface area contributed by atoms with E-state index in [-0.39, 0.29) is 51.7 Å². The third-order valence-electron chi connectivity index (χ3n) is 13.0. The Kier molecular flexibility index (Phi) is 9.96. The molecule has 12 nitrogen and oxygen atoms in total. The molecule has 6 unspecified atom stereocenters. The van der Waals surface area contributed by atoms with Crippen LogP contribution in [-0.2, 0) is 0 Å². The first kappa shape index (κ1) is 41.8. The van der Waals surface area contributed by atoms with Crippen LogP contribution in [0.1, 0.15) is 97.3 Å². The monoisotopic (exact) mass is 906 g/mol. The summed E-state index contributed by atoms with van der Waals surface area (Å²) in [5, 5.41) is 96.7. The summed E-state index contributed by atoms with van der Waals surface area (Å²) in [5.74, 6) is -1.94. The van der Waals surface area contributed by atoms with Gasteiger partial charge < -0.3 is 60.2 Å². The molecule has 0 spiro atoms. The Labute approximate surface area is 389 Å². The van der Waals surface area contributed by atoms with Crippen LogP contribution in [0.15, 0.2) is 152 Å². The highest BCUT2D eigenvalue weighted by Gasteiger charge is 2.46. The van der Waals surface area contributed by atoms with Gasteiger partial charge in [0.05, 0.1) is 17.8 Å². The van der Waals surface area contributed by atoms with Gasteiger partial charge in [-0.1, -0.05) is 66.7 Å². The summed E-state index contributed by atoms with van der Waals surface area (Å²) in [6, 6.07) is 41.3. The van der Waals surface area contributed by atoms with Gasteiger partial charge in [0.15, 0.2) is 11.5 Å². The van der Waals surface area contributed by atoms with Crippen molar-refractivity contribution in [2.75, 3.05) is 0 Å². The molecule has 0 bridgehead atoms. The van der Waals surface area contributed by atoms with E-state index in [9.17, 15) is 46.0 Å². The maximum absolute atomic E-state index is 11.5. The molecule has 11 rings (SSSR count). The Morgan fingerprint density at radius 3 is 1.49 bits per heavy atom. The van der Waals surface area contributed by atoms with Crippen LogP contribution in [-0.4, -0.2) is 46.0 Å². The van der Waals surface area contributed by atoms with Crippen LogP contribution in [0.4, 0.5) is 0 Å². The highest BCUT2D eigenvalue weighted by atomic mass is 16.5. The number of phenolic OH excluding ortho intramolecular Hbond substituents is 9. The van der Waals surface area contributed by atoms with Crippen LogP contribution in [0.5, 0.6) is 69.0 Å². The third-order valence-corrected chi connectivity index (χ3v) is 13.0. The molecule has 6 atom stereocenters. The molecule has 0 radical (unpaired) electrons. The van der Waals surface area contributed by atoms with Crippen LogP contribution in [0.3, 0.4) is 0 Å². The second-order valence-corrected chi connectivity index (χ2v) is 17.4. The van der Waals surface area contributed by atoms with Gasteiger partial charge in [-0.2, -0.15) is 0 Å². The lowest BCUT2D eigenvalue weighted by molar-refractivity contribution is 0.219. The van der Waals surface area contributed by atoms with Gasteiger partial charge in [-0.25, -0.2) is 0 Å². The maximum atomic E-state index is 11.5. The molecule has 12 heteroatoms. The van der Waals surface area contributed by atoms with Gasteiger partial charge in [0.25, 0.3) is 0 Å². The first-order chi connectivity index (χ1) is 32.8. The van der Waals surface area contributed by atoms with Gasteiger partial charge >= 0.3 is 0 Å². The molecule has 0 aromatic heterocycles. The smallest absolute Gasteiger partial charge is 0.157 e. The lowest BCUT2D eigenvalue weighted by Crippen LogP contribution is -2.16. The largest absolute Gasteiger partial charge is 0.508 e. The summed E-state index contributed by atoms with van der Waals surface area (Å²) in [4.78, 5) is 0. The number of benzene rings is 8. The van der Waals surface area contributed by atoms with E-state index < -0.39 is 36.1 Å². The van der Waals surface area contributed by atoms with Gasteiger partial charge in [0.1, 0.15) is 75.8 Å². The van der Waals surface area contributed by atoms with E-state index in [4.69, 9.17) is 14.2 Å². The third kappa shape index (κ3) is 7.37. The van der Waals surface area contributed by atoms with Crippen molar-refractivity contribution in [2.24, 2.45) is 0 Å². The van der Waals surface area contributed by atoms with E-state index >= 15 is 0 Å². The van der Waals surface area contributed by atoms with Crippen molar-refractivity contribution in [3.63, 3.8) is 0 Å². The molecule has 338 valence electrons. The number of phenols is 9. The van der Waals surface area contributed by atoms with E-state index in [2.05, 4.69) is 0 Å². The van der Waals surface area contributed by atoms with E-state index in [0.717, 1.165) is 16.7 Å². The fraction of sp³-hybridized carbons (Fsp3) is 0.107. The minimum absolute atomic E-state index is 0.0304. The van der Waals surface area contributed by atoms with Gasteiger partial charge in [-0.05, 0) is 117 Å². The molecular formula is C56H42O12. The predicted octanol–water partition coefficient (Wildman–Crippen LogP) is 11.0. The van der Waals surface area contributed by atoms with Crippen molar-refractivity contribution in [1.82, 2.24) is 0 Å². The SMILES string of the molecule is Oc1ccc(C2Oc3cc(O)cc(C4c5cc(C=Cc6cc(O)cc7c6C(c6cc(O)cc(O)c6)C(c6ccccc6)O7)ccc5OC4c4ccc(O)c(O)c4)c3C2c2cc(O)cc(O)c2)cc1. The van der Waals surface area contributed by atoms with Crippen LogP contribution in [0, 0.1) is 0 Å². The zero-order valence-corrected chi connectivity index (χ0v) is 35.8. The molecule has 0 aliphatic carbocycles. The molecule has 3 aliphatic rings. The molecule has 3 aliphatic heterocycles. The molecule has 8 aromatic rings. The number of rotatable bonds is 8. The Hall–Kier alpha value is -8.90. The summed E-state index contributed by atoms with van der Waals surface area (Å²) < 4.78 is 20.0. The van der Waals surface area contributed by atoms with Crippen molar-refractivity contribution < 1.29 is 60.2 Å². The molecule has 0 saturated carbocycles. The molecular weight excluding hydrogens is 865 g/mol. The van der Waals surface area contributed by atoms with Gasteiger partial charge in [-0.15, -0.1) is 0 Å². The van der Waals surface area contributed by atoms with E-state index in [1.54, 1.807) is 60.7 Å². The minimum Gasteiger partial charge on any atom is -0.508 e. The molecule has 8 aromatic carbocycles. The average molecular weight is 907 g/mol. The standard InChI is InChI=1S/C56H42O12/c57-35-12-9-30(10-13-35)55-51(34-20-38(60)24-39(61)21-34)53-43(25-41(63)27-48(53)68-55)52-42-16-28(7-15-46(42)66-56(52)32-11-14-44(64)45(65)22-32)6-8-31-17-40(62)26-47-49(31)50(33-18-36(58)23-37(59)19-33)54(67-47)29-4-2-1-3-5-29/h1-27,50-52,54-65H. The first-order valence-electron chi connectivity index (χ1n) is 21.8. The normalized spacial score (nSPS) is 20.0. The molecule has 9 N–H and O–H groups in total. The molecule has 3 heterocycles. The second-order valence-electron chi connectivity index (χ2n) is 17.4. The van der Waals surface area contributed by atoms with Crippen molar-refractivity contribution in [1.29, 1.82) is 0 Å². The zero-order chi connectivity index (χ0) is 47.0. The van der Waals surface area contributed by atoms with Crippen molar-refractivity contribution in [2.45, 2.75) is 36.1 Å². The van der Waals surface area contributed by atoms with E-state index in [1.165, 1.54) is 42.5 Å². The van der Waals surface area contributed by atoms with Gasteiger partial charge in [-0.3, -0.25) is 0 Å². The number of hydrogen-bond acceptors (Lipinski definition) is 12. The number of aromatic hydroxyl groups is 9. The summed E-state index contributed by atoms with van der Waals surface area (Å²) in [6.45, 7) is 0. The van der Waals surface area contributed by atoms with Crippen molar-refractivity contribution >= 4 is 12.2 Å². The summed E-state index contributed by atoms with van der Waals surface area (Å²) in [7, 11) is 0.